The highest BCUT2D eigenvalue weighted by atomic mass is 16.4. The Morgan fingerprint density at radius 2 is 2.06 bits per heavy atom. The molecule has 5 heteroatoms. The van der Waals surface area contributed by atoms with Gasteiger partial charge in [-0.3, -0.25) is 4.98 Å². The van der Waals surface area contributed by atoms with Crippen molar-refractivity contribution in [2.24, 2.45) is 0 Å². The lowest BCUT2D eigenvalue weighted by Gasteiger charge is -2.04. The van der Waals surface area contributed by atoms with E-state index in [2.05, 4.69) is 9.97 Å². The molecule has 0 fully saturated rings. The monoisotopic (exact) mass is 239 g/mol. The Hall–Kier alpha value is -2.74. The number of carboxylic acid groups (broad SMARTS) is 1. The topological polar surface area (TPSA) is 86.9 Å². The normalized spacial score (nSPS) is 9.78. The maximum atomic E-state index is 10.9. The molecule has 0 aromatic carbocycles. The van der Waals surface area contributed by atoms with E-state index in [4.69, 9.17) is 10.4 Å². The number of nitrogens with zero attached hydrogens (tertiary/aromatic N) is 3. The molecule has 2 heterocycles. The van der Waals surface area contributed by atoms with Gasteiger partial charge >= 0.3 is 5.97 Å². The van der Waals surface area contributed by atoms with Gasteiger partial charge in [-0.15, -0.1) is 0 Å². The van der Waals surface area contributed by atoms with Gasteiger partial charge in [-0.1, -0.05) is 0 Å². The molecule has 0 atom stereocenters. The summed E-state index contributed by atoms with van der Waals surface area (Å²) in [6.45, 7) is 1.72. The smallest absolute Gasteiger partial charge is 0.354 e. The molecule has 0 aliphatic rings. The van der Waals surface area contributed by atoms with Crippen molar-refractivity contribution in [3.63, 3.8) is 0 Å². The van der Waals surface area contributed by atoms with E-state index in [0.29, 0.717) is 22.4 Å². The predicted molar refractivity (Wildman–Crippen MR) is 63.9 cm³/mol. The highest BCUT2D eigenvalue weighted by Gasteiger charge is 2.09. The fraction of sp³-hybridized carbons (Fsp3) is 0.0769. The molecule has 0 amide bonds. The first-order valence-corrected chi connectivity index (χ1v) is 5.17. The zero-order valence-corrected chi connectivity index (χ0v) is 9.58. The van der Waals surface area contributed by atoms with Gasteiger partial charge in [0.25, 0.3) is 0 Å². The number of aromatic carboxylic acids is 1. The van der Waals surface area contributed by atoms with Crippen LogP contribution in [0, 0.1) is 18.3 Å². The minimum atomic E-state index is -1.08. The first-order chi connectivity index (χ1) is 8.60. The molecule has 0 bridgehead atoms. The van der Waals surface area contributed by atoms with E-state index in [1.54, 1.807) is 25.3 Å². The van der Waals surface area contributed by atoms with E-state index in [9.17, 15) is 4.79 Å². The second kappa shape index (κ2) is 4.63. The summed E-state index contributed by atoms with van der Waals surface area (Å²) in [5.74, 6) is -1.08. The minimum Gasteiger partial charge on any atom is -0.477 e. The number of hydrogen-bond donors (Lipinski definition) is 1. The van der Waals surface area contributed by atoms with Crippen molar-refractivity contribution in [3.8, 4) is 17.2 Å². The van der Waals surface area contributed by atoms with Crippen LogP contribution in [-0.4, -0.2) is 21.0 Å². The molecule has 0 spiro atoms. The van der Waals surface area contributed by atoms with Crippen LogP contribution in [0.5, 0.6) is 0 Å². The fourth-order valence-electron chi connectivity index (χ4n) is 1.60. The van der Waals surface area contributed by atoms with Crippen molar-refractivity contribution in [2.45, 2.75) is 6.92 Å². The number of carboxylic acids is 1. The van der Waals surface area contributed by atoms with Gasteiger partial charge in [-0.2, -0.15) is 5.26 Å². The zero-order valence-electron chi connectivity index (χ0n) is 9.58. The molecule has 2 aromatic heterocycles. The number of nitriles is 1. The van der Waals surface area contributed by atoms with Crippen LogP contribution in [0.1, 0.15) is 21.7 Å². The Morgan fingerprint density at radius 3 is 2.72 bits per heavy atom. The number of pyridine rings is 2. The molecule has 0 saturated heterocycles. The van der Waals surface area contributed by atoms with Crippen molar-refractivity contribution >= 4 is 5.97 Å². The Kier molecular flexibility index (Phi) is 3.02. The number of aryl methyl sites for hydroxylation is 1. The molecule has 0 aliphatic heterocycles. The molecule has 0 unspecified atom stereocenters. The second-order valence-electron chi connectivity index (χ2n) is 3.76. The largest absolute Gasteiger partial charge is 0.477 e. The maximum Gasteiger partial charge on any atom is 0.354 e. The molecule has 2 aromatic rings. The third-order valence-corrected chi connectivity index (χ3v) is 2.37. The molecule has 0 radical (unpaired) electrons. The molecule has 2 rings (SSSR count). The van der Waals surface area contributed by atoms with Gasteiger partial charge in [0, 0.05) is 23.7 Å². The van der Waals surface area contributed by atoms with Gasteiger partial charge in [-0.25, -0.2) is 9.78 Å². The van der Waals surface area contributed by atoms with Crippen LogP contribution in [-0.2, 0) is 0 Å². The lowest BCUT2D eigenvalue weighted by molar-refractivity contribution is 0.0690. The van der Waals surface area contributed by atoms with Gasteiger partial charge in [0.2, 0.25) is 0 Å². The summed E-state index contributed by atoms with van der Waals surface area (Å²) in [7, 11) is 0. The van der Waals surface area contributed by atoms with E-state index in [0.717, 1.165) is 0 Å². The number of aromatic nitrogens is 2. The third-order valence-electron chi connectivity index (χ3n) is 2.37. The SMILES string of the molecule is Cc1cc(-c2cncc(C#N)c2)cc(C(=O)O)n1. The molecule has 18 heavy (non-hydrogen) atoms. The van der Waals surface area contributed by atoms with Crippen LogP contribution >= 0.6 is 0 Å². The Bertz CT molecular complexity index is 660. The molecule has 1 N–H and O–H groups in total. The lowest BCUT2D eigenvalue weighted by Crippen LogP contribution is -2.02. The third kappa shape index (κ3) is 2.33. The summed E-state index contributed by atoms with van der Waals surface area (Å²) < 4.78 is 0. The standard InChI is InChI=1S/C13H9N3O2/c1-8-2-10(4-12(16-8)13(17)18)11-3-9(5-14)6-15-7-11/h2-4,6-7H,1H3,(H,17,18). The average molecular weight is 239 g/mol. The Morgan fingerprint density at radius 1 is 1.28 bits per heavy atom. The van der Waals surface area contributed by atoms with E-state index in [1.807, 2.05) is 6.07 Å². The van der Waals surface area contributed by atoms with Gasteiger partial charge in [-0.05, 0) is 30.7 Å². The molecular weight excluding hydrogens is 230 g/mol. The summed E-state index contributed by atoms with van der Waals surface area (Å²) in [5.41, 5.74) is 2.39. The highest BCUT2D eigenvalue weighted by molar-refractivity contribution is 5.87. The highest BCUT2D eigenvalue weighted by Crippen LogP contribution is 2.21. The molecule has 0 saturated carbocycles. The van der Waals surface area contributed by atoms with Gasteiger partial charge in [0.15, 0.2) is 0 Å². The quantitative estimate of drug-likeness (QED) is 0.866. The van der Waals surface area contributed by atoms with Gasteiger partial charge in [0.05, 0.1) is 5.56 Å². The Labute approximate surface area is 103 Å². The van der Waals surface area contributed by atoms with E-state index >= 15 is 0 Å². The van der Waals surface area contributed by atoms with Crippen LogP contribution in [0.3, 0.4) is 0 Å². The van der Waals surface area contributed by atoms with Crippen molar-refractivity contribution in [2.75, 3.05) is 0 Å². The Balaban J connectivity index is 2.57. The summed E-state index contributed by atoms with van der Waals surface area (Å²) in [6, 6.07) is 6.88. The predicted octanol–water partition coefficient (Wildman–Crippen LogP) is 2.02. The summed E-state index contributed by atoms with van der Waals surface area (Å²) in [5, 5.41) is 17.8. The van der Waals surface area contributed by atoms with Crippen LogP contribution in [0.25, 0.3) is 11.1 Å². The van der Waals surface area contributed by atoms with Crippen molar-refractivity contribution in [1.29, 1.82) is 5.26 Å². The number of hydrogen-bond acceptors (Lipinski definition) is 4. The average Bonchev–Trinajstić information content (AvgIpc) is 2.38. The zero-order chi connectivity index (χ0) is 13.1. The van der Waals surface area contributed by atoms with Crippen molar-refractivity contribution < 1.29 is 9.90 Å². The molecule has 88 valence electrons. The maximum absolute atomic E-state index is 10.9. The summed E-state index contributed by atoms with van der Waals surface area (Å²) in [6.07, 6.45) is 3.04. The van der Waals surface area contributed by atoms with Gasteiger partial charge < -0.3 is 5.11 Å². The van der Waals surface area contributed by atoms with Gasteiger partial charge in [0.1, 0.15) is 11.8 Å². The first-order valence-electron chi connectivity index (χ1n) is 5.17. The molecule has 5 nitrogen and oxygen atoms in total. The summed E-state index contributed by atoms with van der Waals surface area (Å²) >= 11 is 0. The molecular formula is C13H9N3O2. The minimum absolute atomic E-state index is 0.0210. The van der Waals surface area contributed by atoms with Crippen LogP contribution in [0.2, 0.25) is 0 Å². The van der Waals surface area contributed by atoms with Crippen LogP contribution in [0.15, 0.2) is 30.6 Å². The number of carbonyl (C=O) groups is 1. The second-order valence-corrected chi connectivity index (χ2v) is 3.76. The summed E-state index contributed by atoms with van der Waals surface area (Å²) in [4.78, 5) is 18.8. The van der Waals surface area contributed by atoms with E-state index < -0.39 is 5.97 Å². The van der Waals surface area contributed by atoms with Crippen molar-refractivity contribution in [1.82, 2.24) is 9.97 Å². The molecule has 0 aliphatic carbocycles. The van der Waals surface area contributed by atoms with Crippen molar-refractivity contribution in [3.05, 3.63) is 47.5 Å². The fourth-order valence-corrected chi connectivity index (χ4v) is 1.60. The van der Waals surface area contributed by atoms with Crippen LogP contribution in [0.4, 0.5) is 0 Å². The van der Waals surface area contributed by atoms with E-state index in [1.165, 1.54) is 12.3 Å². The lowest BCUT2D eigenvalue weighted by atomic mass is 10.1. The number of rotatable bonds is 2. The van der Waals surface area contributed by atoms with Crippen LogP contribution < -0.4 is 0 Å². The first kappa shape index (κ1) is 11.7. The van der Waals surface area contributed by atoms with E-state index in [-0.39, 0.29) is 5.69 Å².